The maximum absolute atomic E-state index is 10.8. The number of hydrogen-bond donors (Lipinski definition) is 2. The minimum absolute atomic E-state index is 0. The number of nitrogens with one attached hydrogen (secondary N) is 1. The highest BCUT2D eigenvalue weighted by Crippen LogP contribution is 2.10. The molecule has 0 aromatic carbocycles. The molecule has 1 aliphatic rings. The van der Waals surface area contributed by atoms with E-state index in [9.17, 15) is 8.42 Å². The van der Waals surface area contributed by atoms with Crippen LogP contribution in [0.2, 0.25) is 0 Å². The normalized spacial score (nSPS) is 28.1. The van der Waals surface area contributed by atoms with Crippen LogP contribution in [0.4, 0.5) is 0 Å². The summed E-state index contributed by atoms with van der Waals surface area (Å²) >= 11 is 0. The van der Waals surface area contributed by atoms with Crippen molar-refractivity contribution in [3.05, 3.63) is 0 Å². The largest absolute Gasteiger partial charge is 1.00 e. The second kappa shape index (κ2) is 5.87. The molecule has 1 heterocycles. The number of sulfonamides is 1. The van der Waals surface area contributed by atoms with Crippen molar-refractivity contribution in [1.82, 2.24) is 4.72 Å². The fraction of sp³-hybridized carbons (Fsp3) is 1.00. The zero-order valence-electron chi connectivity index (χ0n) is 8.20. The summed E-state index contributed by atoms with van der Waals surface area (Å²) in [6, 6.07) is 0.356. The molecule has 5 nitrogen and oxygen atoms in total. The molecule has 1 saturated heterocycles. The van der Waals surface area contributed by atoms with E-state index in [2.05, 4.69) is 10.5 Å². The number of quaternary nitrogens is 1. The third-order valence-electron chi connectivity index (χ3n) is 2.04. The Hall–Kier alpha value is 0.120. The Bertz CT molecular complexity index is 250. The first-order valence-corrected chi connectivity index (χ1v) is 6.26. The second-order valence-corrected chi connectivity index (χ2v) is 5.35. The van der Waals surface area contributed by atoms with Gasteiger partial charge in [-0.05, 0) is 6.42 Å². The van der Waals surface area contributed by atoms with E-state index >= 15 is 0 Å². The Morgan fingerprint density at radius 3 is 2.57 bits per heavy atom. The first-order chi connectivity index (χ1) is 5.97. The monoisotopic (exact) mass is 244 g/mol. The van der Waals surface area contributed by atoms with Crippen molar-refractivity contribution < 1.29 is 31.3 Å². The number of hydrogen-bond acceptors (Lipinski definition) is 3. The first kappa shape index (κ1) is 14.1. The lowest BCUT2D eigenvalue weighted by Crippen LogP contribution is -3.00. The van der Waals surface area contributed by atoms with Gasteiger partial charge >= 0.3 is 0 Å². The Kier molecular flexibility index (Phi) is 5.92. The highest BCUT2D eigenvalue weighted by atomic mass is 35.5. The molecule has 0 aromatic heterocycles. The van der Waals surface area contributed by atoms with Gasteiger partial charge in [-0.1, -0.05) is 0 Å². The fourth-order valence-corrected chi connectivity index (χ4v) is 1.75. The predicted molar refractivity (Wildman–Crippen MR) is 48.5 cm³/mol. The molecule has 2 atom stereocenters. The van der Waals surface area contributed by atoms with Gasteiger partial charge in [0.25, 0.3) is 0 Å². The van der Waals surface area contributed by atoms with E-state index < -0.39 is 10.0 Å². The number of rotatable bonds is 3. The SMILES string of the molecule is CS(=O)(=O)NCC1CCC([NH3+])CO1.[Cl-]. The molecule has 0 aliphatic carbocycles. The van der Waals surface area contributed by atoms with E-state index in [1.165, 1.54) is 0 Å². The molecule has 86 valence electrons. The summed E-state index contributed by atoms with van der Waals surface area (Å²) in [4.78, 5) is 0. The highest BCUT2D eigenvalue weighted by Gasteiger charge is 2.21. The molecule has 0 radical (unpaired) electrons. The predicted octanol–water partition coefficient (Wildman–Crippen LogP) is -4.67. The molecular weight excluding hydrogens is 228 g/mol. The van der Waals surface area contributed by atoms with Crippen LogP contribution in [0, 0.1) is 0 Å². The molecule has 14 heavy (non-hydrogen) atoms. The standard InChI is InChI=1S/C7H16N2O3S.ClH/c1-13(10,11)9-4-7-3-2-6(8)5-12-7;/h6-7,9H,2-5,8H2,1H3;1H. The van der Waals surface area contributed by atoms with Crippen molar-refractivity contribution in [3.63, 3.8) is 0 Å². The van der Waals surface area contributed by atoms with Gasteiger partial charge in [-0.3, -0.25) is 0 Å². The fourth-order valence-electron chi connectivity index (χ4n) is 1.27. The Morgan fingerprint density at radius 2 is 2.14 bits per heavy atom. The van der Waals surface area contributed by atoms with Crippen LogP contribution in [0.25, 0.3) is 0 Å². The lowest BCUT2D eigenvalue weighted by atomic mass is 10.1. The minimum atomic E-state index is -3.08. The van der Waals surface area contributed by atoms with E-state index in [4.69, 9.17) is 4.74 Å². The Morgan fingerprint density at radius 1 is 1.50 bits per heavy atom. The summed E-state index contributed by atoms with van der Waals surface area (Å²) in [7, 11) is -3.08. The van der Waals surface area contributed by atoms with Gasteiger partial charge < -0.3 is 22.9 Å². The van der Waals surface area contributed by atoms with Crippen molar-refractivity contribution in [2.45, 2.75) is 25.0 Å². The maximum atomic E-state index is 10.8. The third-order valence-corrected chi connectivity index (χ3v) is 2.73. The molecule has 1 aliphatic heterocycles. The maximum Gasteiger partial charge on any atom is 0.208 e. The van der Waals surface area contributed by atoms with Gasteiger partial charge in [-0.25, -0.2) is 13.1 Å². The summed E-state index contributed by atoms with van der Waals surface area (Å²) in [6.07, 6.45) is 3.07. The van der Waals surface area contributed by atoms with E-state index in [1.807, 2.05) is 0 Å². The third kappa shape index (κ3) is 5.77. The molecule has 1 fully saturated rings. The molecule has 7 heteroatoms. The molecule has 0 amide bonds. The molecule has 1 rings (SSSR count). The van der Waals surface area contributed by atoms with Gasteiger partial charge in [0.05, 0.1) is 19.0 Å². The van der Waals surface area contributed by atoms with Crippen LogP contribution in [-0.4, -0.2) is 40.0 Å². The summed E-state index contributed by atoms with van der Waals surface area (Å²) in [5.41, 5.74) is 3.88. The van der Waals surface area contributed by atoms with Crippen LogP contribution >= 0.6 is 0 Å². The quantitative estimate of drug-likeness (QED) is 0.524. The molecule has 0 aromatic rings. The van der Waals surface area contributed by atoms with Crippen LogP contribution in [0.5, 0.6) is 0 Å². The lowest BCUT2D eigenvalue weighted by molar-refractivity contribution is -0.436. The van der Waals surface area contributed by atoms with E-state index in [1.54, 1.807) is 0 Å². The molecule has 4 N–H and O–H groups in total. The Labute approximate surface area is 90.8 Å². The average Bonchev–Trinajstić information content (AvgIpc) is 2.02. The second-order valence-electron chi connectivity index (χ2n) is 3.52. The molecular formula is C7H17ClN2O3S. The summed E-state index contributed by atoms with van der Waals surface area (Å²) in [5, 5.41) is 0. The smallest absolute Gasteiger partial charge is 0.208 e. The van der Waals surface area contributed by atoms with Crippen LogP contribution < -0.4 is 22.9 Å². The summed E-state index contributed by atoms with van der Waals surface area (Å²) in [5.74, 6) is 0. The van der Waals surface area contributed by atoms with E-state index in [0.717, 1.165) is 19.1 Å². The summed E-state index contributed by atoms with van der Waals surface area (Å²) in [6.45, 7) is 1.02. The highest BCUT2D eigenvalue weighted by molar-refractivity contribution is 7.88. The van der Waals surface area contributed by atoms with Crippen LogP contribution in [-0.2, 0) is 14.8 Å². The molecule has 0 bridgehead atoms. The van der Waals surface area contributed by atoms with Gasteiger partial charge in [0, 0.05) is 13.0 Å². The van der Waals surface area contributed by atoms with Crippen LogP contribution in [0.15, 0.2) is 0 Å². The number of halogens is 1. The van der Waals surface area contributed by atoms with E-state index in [0.29, 0.717) is 19.2 Å². The van der Waals surface area contributed by atoms with Crippen molar-refractivity contribution in [1.29, 1.82) is 0 Å². The first-order valence-electron chi connectivity index (χ1n) is 4.36. The van der Waals surface area contributed by atoms with Crippen LogP contribution in [0.3, 0.4) is 0 Å². The zero-order valence-corrected chi connectivity index (χ0v) is 9.77. The average molecular weight is 245 g/mol. The molecule has 0 saturated carbocycles. The summed E-state index contributed by atoms with van der Waals surface area (Å²) < 4.78 is 29.3. The van der Waals surface area contributed by atoms with Gasteiger partial charge in [-0.2, -0.15) is 0 Å². The van der Waals surface area contributed by atoms with Crippen molar-refractivity contribution in [3.8, 4) is 0 Å². The van der Waals surface area contributed by atoms with Crippen molar-refractivity contribution >= 4 is 10.0 Å². The van der Waals surface area contributed by atoms with E-state index in [-0.39, 0.29) is 18.5 Å². The number of ether oxygens (including phenoxy) is 1. The molecule has 0 spiro atoms. The van der Waals surface area contributed by atoms with Gasteiger partial charge in [0.1, 0.15) is 6.04 Å². The van der Waals surface area contributed by atoms with Crippen LogP contribution in [0.1, 0.15) is 12.8 Å². The topological polar surface area (TPSA) is 83.0 Å². The van der Waals surface area contributed by atoms with Gasteiger partial charge in [0.2, 0.25) is 10.0 Å². The lowest BCUT2D eigenvalue weighted by Gasteiger charge is -2.24. The van der Waals surface area contributed by atoms with Crippen molar-refractivity contribution in [2.24, 2.45) is 0 Å². The van der Waals surface area contributed by atoms with Gasteiger partial charge in [0.15, 0.2) is 0 Å². The minimum Gasteiger partial charge on any atom is -1.00 e. The molecule has 2 unspecified atom stereocenters. The van der Waals surface area contributed by atoms with Gasteiger partial charge in [-0.15, -0.1) is 0 Å². The van der Waals surface area contributed by atoms with Crippen molar-refractivity contribution in [2.75, 3.05) is 19.4 Å². The zero-order chi connectivity index (χ0) is 9.90. The Balaban J connectivity index is 0.00000169.